The van der Waals surface area contributed by atoms with Crippen LogP contribution in [0.4, 0.5) is 0 Å². The van der Waals surface area contributed by atoms with Gasteiger partial charge < -0.3 is 0 Å². The van der Waals surface area contributed by atoms with E-state index in [4.69, 9.17) is 0 Å². The van der Waals surface area contributed by atoms with Gasteiger partial charge in [-0.05, 0) is 25.7 Å². The molecule has 1 saturated heterocycles. The normalized spacial score (nSPS) is 23.9. The summed E-state index contributed by atoms with van der Waals surface area (Å²) in [5.74, 6) is 0. The molecule has 0 aliphatic carbocycles. The third kappa shape index (κ3) is 3.15. The van der Waals surface area contributed by atoms with E-state index >= 15 is 0 Å². The van der Waals surface area contributed by atoms with Gasteiger partial charge in [-0.25, -0.2) is 0 Å². The van der Waals surface area contributed by atoms with E-state index in [1.807, 2.05) is 0 Å². The minimum atomic E-state index is -3.20. The third-order valence-corrected chi connectivity index (χ3v) is 5.31. The van der Waals surface area contributed by atoms with Crippen molar-refractivity contribution in [2.75, 3.05) is 26.0 Å². The highest BCUT2D eigenvalue weighted by Crippen LogP contribution is 2.25. The monoisotopic (exact) mass is 298 g/mol. The van der Waals surface area contributed by atoms with Crippen LogP contribution in [-0.2, 0) is 10.2 Å². The Kier molecular flexibility index (Phi) is 5.02. The lowest BCUT2D eigenvalue weighted by molar-refractivity contribution is 0.342. The van der Waals surface area contributed by atoms with Gasteiger partial charge in [0.25, 0.3) is 10.2 Å². The first-order valence-electron chi connectivity index (χ1n) is 5.25. The van der Waals surface area contributed by atoms with Gasteiger partial charge in [0.2, 0.25) is 0 Å². The molecule has 1 rings (SSSR count). The molecule has 0 aromatic rings. The molecule has 1 atom stereocenters. The van der Waals surface area contributed by atoms with Crippen molar-refractivity contribution >= 4 is 26.1 Å². The fourth-order valence-electron chi connectivity index (χ4n) is 1.92. The first-order valence-corrected chi connectivity index (χ1v) is 7.77. The summed E-state index contributed by atoms with van der Waals surface area (Å²) in [5, 5.41) is 0.944. The Morgan fingerprint density at radius 2 is 2.13 bits per heavy atom. The Morgan fingerprint density at radius 1 is 1.47 bits per heavy atom. The predicted molar refractivity (Wildman–Crippen MR) is 65.4 cm³/mol. The van der Waals surface area contributed by atoms with Crippen LogP contribution in [0.1, 0.15) is 25.7 Å². The quantitative estimate of drug-likeness (QED) is 0.721. The van der Waals surface area contributed by atoms with Crippen LogP contribution in [0.3, 0.4) is 0 Å². The molecule has 6 heteroatoms. The molecule has 0 N–H and O–H groups in total. The molecule has 4 nitrogen and oxygen atoms in total. The summed E-state index contributed by atoms with van der Waals surface area (Å²) < 4.78 is 26.8. The minimum Gasteiger partial charge on any atom is -0.195 e. The Balaban J connectivity index is 2.68. The zero-order valence-corrected chi connectivity index (χ0v) is 11.7. The average Bonchev–Trinajstić information content (AvgIpc) is 2.62. The van der Waals surface area contributed by atoms with E-state index in [9.17, 15) is 8.42 Å². The Morgan fingerprint density at radius 3 is 2.67 bits per heavy atom. The van der Waals surface area contributed by atoms with Crippen molar-refractivity contribution in [2.45, 2.75) is 31.7 Å². The molecule has 0 saturated carbocycles. The molecular weight excluding hydrogens is 280 g/mol. The van der Waals surface area contributed by atoms with Crippen LogP contribution in [0.5, 0.6) is 0 Å². The number of hydrogen-bond donors (Lipinski definition) is 0. The van der Waals surface area contributed by atoms with E-state index in [1.165, 1.54) is 4.31 Å². The highest BCUT2D eigenvalue weighted by molar-refractivity contribution is 9.09. The SMILES string of the molecule is CN(C)S(=O)(=O)N1CCCC1CCCBr. The Hall–Kier alpha value is 0.350. The predicted octanol–water partition coefficient (Wildman–Crippen LogP) is 1.43. The molecule has 1 heterocycles. The van der Waals surface area contributed by atoms with Crippen molar-refractivity contribution in [1.82, 2.24) is 8.61 Å². The standard InChI is InChI=1S/C9H19BrN2O2S/c1-11(2)15(13,14)12-8-4-6-9(12)5-3-7-10/h9H,3-8H2,1-2H3. The number of nitrogens with zero attached hydrogens (tertiary/aromatic N) is 2. The molecule has 0 spiro atoms. The molecule has 0 amide bonds. The van der Waals surface area contributed by atoms with Crippen molar-refractivity contribution < 1.29 is 8.42 Å². The van der Waals surface area contributed by atoms with Gasteiger partial charge in [0.1, 0.15) is 0 Å². The smallest absolute Gasteiger partial charge is 0.195 e. The molecule has 15 heavy (non-hydrogen) atoms. The van der Waals surface area contributed by atoms with E-state index in [1.54, 1.807) is 18.4 Å². The Labute approximate surface area is 101 Å². The van der Waals surface area contributed by atoms with Gasteiger partial charge in [0.15, 0.2) is 0 Å². The van der Waals surface area contributed by atoms with Gasteiger partial charge >= 0.3 is 0 Å². The van der Waals surface area contributed by atoms with Crippen molar-refractivity contribution in [2.24, 2.45) is 0 Å². The molecule has 1 unspecified atom stereocenters. The summed E-state index contributed by atoms with van der Waals surface area (Å²) in [5.41, 5.74) is 0. The van der Waals surface area contributed by atoms with Crippen molar-refractivity contribution in [1.29, 1.82) is 0 Å². The minimum absolute atomic E-state index is 0.204. The fourth-order valence-corrected chi connectivity index (χ4v) is 3.61. The van der Waals surface area contributed by atoms with Gasteiger partial charge in [-0.2, -0.15) is 17.0 Å². The lowest BCUT2D eigenvalue weighted by atomic mass is 10.1. The van der Waals surface area contributed by atoms with Crippen molar-refractivity contribution in [3.05, 3.63) is 0 Å². The molecule has 90 valence electrons. The number of hydrogen-bond acceptors (Lipinski definition) is 2. The van der Waals surface area contributed by atoms with Crippen molar-refractivity contribution in [3.8, 4) is 0 Å². The Bertz CT molecular complexity index is 292. The number of halogens is 1. The molecule has 0 bridgehead atoms. The number of alkyl halides is 1. The highest BCUT2D eigenvalue weighted by Gasteiger charge is 2.34. The maximum atomic E-state index is 11.9. The lowest BCUT2D eigenvalue weighted by Crippen LogP contribution is -2.42. The molecule has 1 aliphatic heterocycles. The van der Waals surface area contributed by atoms with Crippen LogP contribution >= 0.6 is 15.9 Å². The van der Waals surface area contributed by atoms with Crippen LogP contribution in [0.15, 0.2) is 0 Å². The molecule has 0 aromatic carbocycles. The zero-order valence-electron chi connectivity index (χ0n) is 9.32. The molecule has 0 aromatic heterocycles. The molecule has 1 aliphatic rings. The van der Waals surface area contributed by atoms with Gasteiger partial charge in [0, 0.05) is 32.0 Å². The van der Waals surface area contributed by atoms with Crippen LogP contribution < -0.4 is 0 Å². The van der Waals surface area contributed by atoms with E-state index in [0.29, 0.717) is 6.54 Å². The first kappa shape index (κ1) is 13.4. The molecule has 0 radical (unpaired) electrons. The van der Waals surface area contributed by atoms with Gasteiger partial charge in [-0.3, -0.25) is 0 Å². The van der Waals surface area contributed by atoms with E-state index < -0.39 is 10.2 Å². The van der Waals surface area contributed by atoms with Crippen LogP contribution in [0.25, 0.3) is 0 Å². The van der Waals surface area contributed by atoms with Crippen LogP contribution in [0.2, 0.25) is 0 Å². The second-order valence-corrected chi connectivity index (χ2v) is 6.92. The second kappa shape index (κ2) is 5.61. The van der Waals surface area contributed by atoms with Gasteiger partial charge in [-0.1, -0.05) is 15.9 Å². The van der Waals surface area contributed by atoms with Crippen molar-refractivity contribution in [3.63, 3.8) is 0 Å². The average molecular weight is 299 g/mol. The zero-order chi connectivity index (χ0) is 11.5. The van der Waals surface area contributed by atoms with E-state index in [0.717, 1.165) is 31.0 Å². The van der Waals surface area contributed by atoms with E-state index in [-0.39, 0.29) is 6.04 Å². The second-order valence-electron chi connectivity index (χ2n) is 4.03. The summed E-state index contributed by atoms with van der Waals surface area (Å²) in [6, 6.07) is 0.204. The summed E-state index contributed by atoms with van der Waals surface area (Å²) in [6.45, 7) is 0.674. The maximum absolute atomic E-state index is 11.9. The van der Waals surface area contributed by atoms with Gasteiger partial charge in [-0.15, -0.1) is 0 Å². The summed E-state index contributed by atoms with van der Waals surface area (Å²) in [4.78, 5) is 0. The first-order chi connectivity index (χ1) is 7.00. The van der Waals surface area contributed by atoms with Crippen LogP contribution in [0, 0.1) is 0 Å². The fraction of sp³-hybridized carbons (Fsp3) is 1.00. The maximum Gasteiger partial charge on any atom is 0.281 e. The summed E-state index contributed by atoms with van der Waals surface area (Å²) in [7, 11) is -0.0199. The summed E-state index contributed by atoms with van der Waals surface area (Å²) in [6.07, 6.45) is 3.97. The molecular formula is C9H19BrN2O2S. The third-order valence-electron chi connectivity index (χ3n) is 2.75. The van der Waals surface area contributed by atoms with Gasteiger partial charge in [0.05, 0.1) is 0 Å². The topological polar surface area (TPSA) is 40.6 Å². The summed E-state index contributed by atoms with van der Waals surface area (Å²) >= 11 is 3.38. The lowest BCUT2D eigenvalue weighted by Gasteiger charge is -2.26. The van der Waals surface area contributed by atoms with E-state index in [2.05, 4.69) is 15.9 Å². The molecule has 1 fully saturated rings. The number of rotatable bonds is 5. The highest BCUT2D eigenvalue weighted by atomic mass is 79.9. The van der Waals surface area contributed by atoms with Crippen LogP contribution in [-0.4, -0.2) is 49.0 Å². The largest absolute Gasteiger partial charge is 0.281 e.